The summed E-state index contributed by atoms with van der Waals surface area (Å²) < 4.78 is 10.8. The highest BCUT2D eigenvalue weighted by molar-refractivity contribution is 5.88. The van der Waals surface area contributed by atoms with Gasteiger partial charge in [-0.1, -0.05) is 6.07 Å². The first-order valence-corrected chi connectivity index (χ1v) is 8.86. The molecule has 0 spiro atoms. The lowest BCUT2D eigenvalue weighted by Gasteiger charge is -2.26. The van der Waals surface area contributed by atoms with E-state index in [1.807, 2.05) is 36.4 Å². The molecule has 2 aromatic carbocycles. The number of aryl methyl sites for hydroxylation is 1. The van der Waals surface area contributed by atoms with Gasteiger partial charge < -0.3 is 20.2 Å². The normalized spacial score (nSPS) is 15.7. The third-order valence-electron chi connectivity index (χ3n) is 5.03. The number of amides is 1. The average molecular weight is 387 g/mol. The Hall–Kier alpha value is -2.66. The number of hydrogen-bond donors (Lipinski definition) is 2. The molecule has 1 unspecified atom stereocenters. The van der Waals surface area contributed by atoms with Crippen LogP contribution in [0.5, 0.6) is 5.75 Å². The Morgan fingerprint density at radius 2 is 2.15 bits per heavy atom. The van der Waals surface area contributed by atoms with Gasteiger partial charge in [0.25, 0.3) is 0 Å². The average Bonchev–Trinajstić information content (AvgIpc) is 3.03. The van der Waals surface area contributed by atoms with Gasteiger partial charge in [0.15, 0.2) is 0 Å². The zero-order valence-corrected chi connectivity index (χ0v) is 16.0. The van der Waals surface area contributed by atoms with Gasteiger partial charge in [0.2, 0.25) is 5.91 Å². The number of furan rings is 1. The van der Waals surface area contributed by atoms with E-state index in [4.69, 9.17) is 14.9 Å². The van der Waals surface area contributed by atoms with Crippen molar-refractivity contribution < 1.29 is 13.9 Å². The molecule has 0 radical (unpaired) electrons. The minimum absolute atomic E-state index is 0. The van der Waals surface area contributed by atoms with Crippen LogP contribution < -0.4 is 15.8 Å². The van der Waals surface area contributed by atoms with Crippen molar-refractivity contribution in [1.29, 1.82) is 0 Å². The van der Waals surface area contributed by atoms with Crippen molar-refractivity contribution in [3.05, 3.63) is 59.4 Å². The Morgan fingerprint density at radius 3 is 2.96 bits per heavy atom. The van der Waals surface area contributed by atoms with Gasteiger partial charge in [-0.2, -0.15) is 0 Å². The van der Waals surface area contributed by atoms with Crippen molar-refractivity contribution in [3.63, 3.8) is 0 Å². The molecule has 142 valence electrons. The summed E-state index contributed by atoms with van der Waals surface area (Å²) in [5.41, 5.74) is 10.7. The summed E-state index contributed by atoms with van der Waals surface area (Å²) in [5, 5.41) is 4.12. The maximum atomic E-state index is 12.6. The molecule has 1 aliphatic carbocycles. The summed E-state index contributed by atoms with van der Waals surface area (Å²) in [4.78, 5) is 12.6. The number of nitrogen functional groups attached to an aromatic ring is 1. The van der Waals surface area contributed by atoms with Crippen LogP contribution >= 0.6 is 12.4 Å². The lowest BCUT2D eigenvalue weighted by molar-refractivity contribution is -0.121. The van der Waals surface area contributed by atoms with Crippen LogP contribution in [0, 0.1) is 0 Å². The Kier molecular flexibility index (Phi) is 5.61. The molecule has 27 heavy (non-hydrogen) atoms. The second kappa shape index (κ2) is 7.92. The number of benzene rings is 2. The molecule has 0 fully saturated rings. The molecule has 5 nitrogen and oxygen atoms in total. The van der Waals surface area contributed by atoms with Gasteiger partial charge in [0.1, 0.15) is 11.3 Å². The highest BCUT2D eigenvalue weighted by atomic mass is 35.5. The monoisotopic (exact) mass is 386 g/mol. The minimum Gasteiger partial charge on any atom is -0.497 e. The Labute approximate surface area is 164 Å². The zero-order valence-electron chi connectivity index (χ0n) is 15.2. The summed E-state index contributed by atoms with van der Waals surface area (Å²) in [6, 6.07) is 11.6. The molecule has 1 heterocycles. The van der Waals surface area contributed by atoms with E-state index >= 15 is 0 Å². The van der Waals surface area contributed by atoms with E-state index in [1.165, 1.54) is 11.1 Å². The molecule has 1 amide bonds. The third kappa shape index (κ3) is 3.88. The van der Waals surface area contributed by atoms with Crippen LogP contribution in [0.15, 0.2) is 47.1 Å². The third-order valence-corrected chi connectivity index (χ3v) is 5.03. The Bertz CT molecular complexity index is 967. The van der Waals surface area contributed by atoms with Gasteiger partial charge in [0.05, 0.1) is 25.8 Å². The minimum atomic E-state index is -0.00167. The van der Waals surface area contributed by atoms with Crippen LogP contribution in [0.1, 0.15) is 35.6 Å². The molecule has 1 aromatic heterocycles. The van der Waals surface area contributed by atoms with Crippen molar-refractivity contribution in [1.82, 2.24) is 5.32 Å². The number of fused-ring (bicyclic) bond motifs is 2. The van der Waals surface area contributed by atoms with Crippen molar-refractivity contribution in [3.8, 4) is 5.75 Å². The number of ether oxygens (including phenoxy) is 1. The van der Waals surface area contributed by atoms with E-state index in [0.29, 0.717) is 6.42 Å². The van der Waals surface area contributed by atoms with E-state index in [0.717, 1.165) is 47.2 Å². The van der Waals surface area contributed by atoms with Crippen molar-refractivity contribution in [2.45, 2.75) is 31.7 Å². The quantitative estimate of drug-likeness (QED) is 0.659. The first kappa shape index (κ1) is 19.1. The summed E-state index contributed by atoms with van der Waals surface area (Å²) in [6.07, 6.45) is 4.96. The van der Waals surface area contributed by atoms with Crippen LogP contribution in [-0.4, -0.2) is 13.0 Å². The molecule has 0 saturated carbocycles. The fourth-order valence-corrected chi connectivity index (χ4v) is 3.73. The van der Waals surface area contributed by atoms with E-state index in [9.17, 15) is 4.79 Å². The fraction of sp³-hybridized carbons (Fsp3) is 0.286. The number of rotatable bonds is 4. The SMILES string of the molecule is COc1ccc2c(CC(=O)NC3CCCc4cc(N)ccc43)coc2c1.Cl. The lowest BCUT2D eigenvalue weighted by Crippen LogP contribution is -2.32. The number of carbonyl (C=O) groups excluding carboxylic acids is 1. The maximum Gasteiger partial charge on any atom is 0.225 e. The lowest BCUT2D eigenvalue weighted by atomic mass is 9.87. The molecule has 6 heteroatoms. The summed E-state index contributed by atoms with van der Waals surface area (Å²) >= 11 is 0. The summed E-state index contributed by atoms with van der Waals surface area (Å²) in [7, 11) is 1.62. The van der Waals surface area contributed by atoms with Crippen LogP contribution in [0.3, 0.4) is 0 Å². The van der Waals surface area contributed by atoms with Gasteiger partial charge in [-0.25, -0.2) is 0 Å². The van der Waals surface area contributed by atoms with Crippen LogP contribution in [0.2, 0.25) is 0 Å². The molecule has 3 aromatic rings. The Morgan fingerprint density at radius 1 is 1.30 bits per heavy atom. The topological polar surface area (TPSA) is 77.5 Å². The fourth-order valence-electron chi connectivity index (χ4n) is 3.73. The van der Waals surface area contributed by atoms with E-state index in [-0.39, 0.29) is 24.4 Å². The highest BCUT2D eigenvalue weighted by Crippen LogP contribution is 2.31. The highest BCUT2D eigenvalue weighted by Gasteiger charge is 2.22. The van der Waals surface area contributed by atoms with E-state index in [1.54, 1.807) is 13.4 Å². The number of nitrogens with two attached hydrogens (primary N) is 1. The second-order valence-corrected chi connectivity index (χ2v) is 6.77. The predicted octanol–water partition coefficient (Wildman–Crippen LogP) is 4.18. The smallest absolute Gasteiger partial charge is 0.225 e. The molecule has 0 aliphatic heterocycles. The molecule has 0 saturated heterocycles. The first-order chi connectivity index (χ1) is 12.6. The molecular formula is C21H23ClN2O3. The number of anilines is 1. The summed E-state index contributed by atoms with van der Waals surface area (Å²) in [6.45, 7) is 0. The van der Waals surface area contributed by atoms with Gasteiger partial charge in [-0.15, -0.1) is 12.4 Å². The van der Waals surface area contributed by atoms with Crippen LogP contribution in [-0.2, 0) is 17.6 Å². The first-order valence-electron chi connectivity index (χ1n) is 8.86. The van der Waals surface area contributed by atoms with Gasteiger partial charge in [-0.3, -0.25) is 4.79 Å². The number of carbonyl (C=O) groups is 1. The maximum absolute atomic E-state index is 12.6. The van der Waals surface area contributed by atoms with Gasteiger partial charge in [-0.05, 0) is 54.7 Å². The number of halogens is 1. The molecule has 1 atom stereocenters. The second-order valence-electron chi connectivity index (χ2n) is 6.77. The van der Waals surface area contributed by atoms with Crippen molar-refractivity contribution in [2.75, 3.05) is 12.8 Å². The van der Waals surface area contributed by atoms with Crippen molar-refractivity contribution >= 4 is 35.0 Å². The predicted molar refractivity (Wildman–Crippen MR) is 108 cm³/mol. The van der Waals surface area contributed by atoms with Crippen LogP contribution in [0.4, 0.5) is 5.69 Å². The van der Waals surface area contributed by atoms with Gasteiger partial charge in [0, 0.05) is 22.7 Å². The number of nitrogens with one attached hydrogen (secondary N) is 1. The summed E-state index contributed by atoms with van der Waals surface area (Å²) in [5.74, 6) is 0.735. The Balaban J connectivity index is 0.00000210. The van der Waals surface area contributed by atoms with Crippen LogP contribution in [0.25, 0.3) is 11.0 Å². The van der Waals surface area contributed by atoms with Crippen molar-refractivity contribution in [2.24, 2.45) is 0 Å². The molecule has 4 rings (SSSR count). The molecule has 1 aliphatic rings. The molecule has 3 N–H and O–H groups in total. The molecule has 0 bridgehead atoms. The number of methoxy groups -OCH3 is 1. The largest absolute Gasteiger partial charge is 0.497 e. The standard InChI is InChI=1S/C21H22N2O3.ClH/c1-25-16-6-8-18-14(12-26-20(18)11-16)10-21(24)23-19-4-2-3-13-9-15(22)5-7-17(13)19;/h5-9,11-12,19H,2-4,10,22H2,1H3,(H,23,24);1H. The van der Waals surface area contributed by atoms with E-state index < -0.39 is 0 Å². The van der Waals surface area contributed by atoms with E-state index in [2.05, 4.69) is 5.32 Å². The molecular weight excluding hydrogens is 364 g/mol. The number of hydrogen-bond acceptors (Lipinski definition) is 4. The van der Waals surface area contributed by atoms with Gasteiger partial charge >= 0.3 is 0 Å². The zero-order chi connectivity index (χ0) is 18.1.